The number of nitrogens with one attached hydrogen (secondary N) is 2. The molecule has 2 aromatic carbocycles. The Morgan fingerprint density at radius 1 is 0.920 bits per heavy atom. The number of hydrogen-bond acceptors (Lipinski definition) is 3. The van der Waals surface area contributed by atoms with Crippen LogP contribution < -0.4 is 10.6 Å². The van der Waals surface area contributed by atoms with E-state index in [1.807, 2.05) is 0 Å². The van der Waals surface area contributed by atoms with Crippen LogP contribution in [0.2, 0.25) is 5.02 Å². The van der Waals surface area contributed by atoms with Crippen LogP contribution in [0.25, 0.3) is 0 Å². The van der Waals surface area contributed by atoms with Crippen molar-refractivity contribution in [2.24, 2.45) is 0 Å². The minimum atomic E-state index is -0.408. The molecule has 0 aliphatic carbocycles. The quantitative estimate of drug-likeness (QED) is 0.710. The molecule has 0 unspecified atom stereocenters. The first-order valence-electron chi connectivity index (χ1n) is 7.56. The molecule has 0 radical (unpaired) electrons. The predicted molar refractivity (Wildman–Crippen MR) is 97.2 cm³/mol. The number of carbonyl (C=O) groups excluding carboxylic acids is 2. The van der Waals surface area contributed by atoms with Crippen LogP contribution in [-0.4, -0.2) is 11.8 Å². The summed E-state index contributed by atoms with van der Waals surface area (Å²) in [6.45, 7) is 1.78. The van der Waals surface area contributed by atoms with Gasteiger partial charge in [-0.05, 0) is 49.4 Å². The van der Waals surface area contributed by atoms with Crippen LogP contribution in [0.15, 0.2) is 65.3 Å². The van der Waals surface area contributed by atoms with E-state index in [1.165, 1.54) is 6.26 Å². The average Bonchev–Trinajstić information content (AvgIpc) is 3.03. The van der Waals surface area contributed by atoms with Gasteiger partial charge in [0.15, 0.2) is 5.76 Å². The van der Waals surface area contributed by atoms with Crippen LogP contribution in [0, 0.1) is 6.92 Å². The standard InChI is InChI=1S/C19H15ClN2O3/c1-12-10-11-25-17(12)19(24)22-16-5-3-2-4-15(16)18(23)21-14-8-6-13(20)7-9-14/h2-11H,1H3,(H,21,23)(H,22,24). The van der Waals surface area contributed by atoms with E-state index in [0.29, 0.717) is 22.0 Å². The summed E-state index contributed by atoms with van der Waals surface area (Å²) in [7, 11) is 0. The molecule has 0 bridgehead atoms. The monoisotopic (exact) mass is 354 g/mol. The zero-order valence-electron chi connectivity index (χ0n) is 13.4. The van der Waals surface area contributed by atoms with Gasteiger partial charge in [0, 0.05) is 16.3 Å². The lowest BCUT2D eigenvalue weighted by Gasteiger charge is -2.11. The van der Waals surface area contributed by atoms with Gasteiger partial charge in [0.25, 0.3) is 11.8 Å². The molecule has 0 atom stereocenters. The third-order valence-corrected chi connectivity index (χ3v) is 3.84. The molecule has 3 aromatic rings. The van der Waals surface area contributed by atoms with Gasteiger partial charge in [-0.2, -0.15) is 0 Å². The summed E-state index contributed by atoms with van der Waals surface area (Å²) in [5, 5.41) is 6.07. The van der Waals surface area contributed by atoms with Gasteiger partial charge in [0.2, 0.25) is 0 Å². The number of aryl methyl sites for hydroxylation is 1. The topological polar surface area (TPSA) is 71.3 Å². The van der Waals surface area contributed by atoms with Crippen molar-refractivity contribution in [1.29, 1.82) is 0 Å². The number of hydrogen-bond donors (Lipinski definition) is 2. The molecule has 0 spiro atoms. The third-order valence-electron chi connectivity index (χ3n) is 3.59. The summed E-state index contributed by atoms with van der Waals surface area (Å²) in [5.41, 5.74) is 2.07. The zero-order valence-corrected chi connectivity index (χ0v) is 14.1. The molecule has 0 fully saturated rings. The number of benzene rings is 2. The highest BCUT2D eigenvalue weighted by Gasteiger charge is 2.17. The van der Waals surface area contributed by atoms with Gasteiger partial charge in [-0.1, -0.05) is 23.7 Å². The van der Waals surface area contributed by atoms with Crippen molar-refractivity contribution in [2.75, 3.05) is 10.6 Å². The van der Waals surface area contributed by atoms with Crippen LogP contribution in [0.5, 0.6) is 0 Å². The van der Waals surface area contributed by atoms with E-state index < -0.39 is 5.91 Å². The molecule has 6 heteroatoms. The second kappa shape index (κ2) is 7.23. The summed E-state index contributed by atoms with van der Waals surface area (Å²) in [6.07, 6.45) is 1.45. The van der Waals surface area contributed by atoms with Crippen LogP contribution in [0.3, 0.4) is 0 Å². The highest BCUT2D eigenvalue weighted by Crippen LogP contribution is 2.20. The van der Waals surface area contributed by atoms with Crippen molar-refractivity contribution in [1.82, 2.24) is 0 Å². The first kappa shape index (κ1) is 16.8. The lowest BCUT2D eigenvalue weighted by atomic mass is 10.1. The van der Waals surface area contributed by atoms with Gasteiger partial charge in [-0.15, -0.1) is 0 Å². The molecule has 1 heterocycles. The largest absolute Gasteiger partial charge is 0.459 e. The summed E-state index contributed by atoms with van der Waals surface area (Å²) in [4.78, 5) is 24.9. The van der Waals surface area contributed by atoms with Gasteiger partial charge in [-0.25, -0.2) is 0 Å². The Kier molecular flexibility index (Phi) is 4.86. The maximum atomic E-state index is 12.5. The number of rotatable bonds is 4. The molecule has 126 valence electrons. The number of amides is 2. The molecular weight excluding hydrogens is 340 g/mol. The number of halogens is 1. The van der Waals surface area contributed by atoms with Crippen LogP contribution in [-0.2, 0) is 0 Å². The number of para-hydroxylation sites is 1. The van der Waals surface area contributed by atoms with Crippen molar-refractivity contribution in [3.8, 4) is 0 Å². The molecule has 2 amide bonds. The van der Waals surface area contributed by atoms with Crippen molar-refractivity contribution in [3.63, 3.8) is 0 Å². The van der Waals surface area contributed by atoms with E-state index in [1.54, 1.807) is 61.5 Å². The maximum absolute atomic E-state index is 12.5. The molecule has 0 saturated carbocycles. The van der Waals surface area contributed by atoms with Gasteiger partial charge in [0.1, 0.15) is 0 Å². The molecule has 0 aliphatic heterocycles. The molecule has 25 heavy (non-hydrogen) atoms. The molecule has 2 N–H and O–H groups in total. The fourth-order valence-electron chi connectivity index (χ4n) is 2.31. The lowest BCUT2D eigenvalue weighted by Crippen LogP contribution is -2.18. The van der Waals surface area contributed by atoms with Gasteiger partial charge < -0.3 is 15.1 Å². The molecule has 5 nitrogen and oxygen atoms in total. The van der Waals surface area contributed by atoms with E-state index in [9.17, 15) is 9.59 Å². The summed E-state index contributed by atoms with van der Waals surface area (Å²) < 4.78 is 5.18. The Bertz CT molecular complexity index is 916. The van der Waals surface area contributed by atoms with Gasteiger partial charge in [0.05, 0.1) is 17.5 Å². The highest BCUT2D eigenvalue weighted by molar-refractivity contribution is 6.30. The molecule has 1 aromatic heterocycles. The Hall–Kier alpha value is -3.05. The van der Waals surface area contributed by atoms with Crippen molar-refractivity contribution >= 4 is 34.8 Å². The Balaban J connectivity index is 1.80. The second-order valence-corrected chi connectivity index (χ2v) is 5.83. The highest BCUT2D eigenvalue weighted by atomic mass is 35.5. The maximum Gasteiger partial charge on any atom is 0.291 e. The first-order chi connectivity index (χ1) is 12.0. The number of furan rings is 1. The fraction of sp³-hybridized carbons (Fsp3) is 0.0526. The molecule has 3 rings (SSSR count). The summed E-state index contributed by atoms with van der Waals surface area (Å²) >= 11 is 5.84. The second-order valence-electron chi connectivity index (χ2n) is 5.39. The smallest absolute Gasteiger partial charge is 0.291 e. The van der Waals surface area contributed by atoms with Crippen LogP contribution in [0.1, 0.15) is 26.5 Å². The van der Waals surface area contributed by atoms with E-state index in [2.05, 4.69) is 10.6 Å². The Morgan fingerprint density at radius 2 is 1.64 bits per heavy atom. The Labute approximate surface area is 149 Å². The van der Waals surface area contributed by atoms with E-state index >= 15 is 0 Å². The first-order valence-corrected chi connectivity index (χ1v) is 7.94. The molecule has 0 saturated heterocycles. The molecular formula is C19H15ClN2O3. The predicted octanol–water partition coefficient (Wildman–Crippen LogP) is 4.75. The normalized spacial score (nSPS) is 10.3. The molecule has 0 aliphatic rings. The van der Waals surface area contributed by atoms with Crippen molar-refractivity contribution < 1.29 is 14.0 Å². The Morgan fingerprint density at radius 3 is 2.32 bits per heavy atom. The minimum absolute atomic E-state index is 0.216. The number of carbonyl (C=O) groups is 2. The zero-order chi connectivity index (χ0) is 17.8. The third kappa shape index (κ3) is 3.89. The van der Waals surface area contributed by atoms with Crippen molar-refractivity contribution in [2.45, 2.75) is 6.92 Å². The minimum Gasteiger partial charge on any atom is -0.459 e. The van der Waals surface area contributed by atoms with E-state index in [-0.39, 0.29) is 11.7 Å². The van der Waals surface area contributed by atoms with Crippen LogP contribution in [0.4, 0.5) is 11.4 Å². The van der Waals surface area contributed by atoms with Crippen molar-refractivity contribution in [3.05, 3.63) is 82.8 Å². The summed E-state index contributed by atoms with van der Waals surface area (Å²) in [5.74, 6) is -0.531. The van der Waals surface area contributed by atoms with E-state index in [0.717, 1.165) is 5.56 Å². The average molecular weight is 355 g/mol. The summed E-state index contributed by atoms with van der Waals surface area (Å²) in [6, 6.07) is 15.2. The van der Waals surface area contributed by atoms with Gasteiger partial charge >= 0.3 is 0 Å². The van der Waals surface area contributed by atoms with E-state index in [4.69, 9.17) is 16.0 Å². The lowest BCUT2D eigenvalue weighted by molar-refractivity contribution is 0.0996. The van der Waals surface area contributed by atoms with Gasteiger partial charge in [-0.3, -0.25) is 9.59 Å². The fourth-order valence-corrected chi connectivity index (χ4v) is 2.43. The number of anilines is 2. The SMILES string of the molecule is Cc1ccoc1C(=O)Nc1ccccc1C(=O)Nc1ccc(Cl)cc1. The van der Waals surface area contributed by atoms with Crippen LogP contribution >= 0.6 is 11.6 Å².